The number of hydrogen-bond donors (Lipinski definition) is 1. The molecule has 0 radical (unpaired) electrons. The van der Waals surface area contributed by atoms with Crippen LogP contribution >= 0.6 is 7.82 Å². The van der Waals surface area contributed by atoms with Gasteiger partial charge in [0.25, 0.3) is 7.82 Å². The Bertz CT molecular complexity index is 1230. The molecule has 3 unspecified atom stereocenters. The number of esters is 1. The van der Waals surface area contributed by atoms with E-state index in [1.54, 1.807) is 0 Å². The fourth-order valence-corrected chi connectivity index (χ4v) is 8.64. The SMILES string of the molecule is CCCCCC/C=C\CCCCCCCCCC(=O)OC(/C=C/CCCCCCCCCCC)C(COP(=O)([O-])OCC[N+](C)(C)C)NC(=O)CCCCC/C=C\CCCCCCCCC. The molecule has 0 saturated carbocycles. The maximum Gasteiger partial charge on any atom is 0.306 e. The summed E-state index contributed by atoms with van der Waals surface area (Å²) in [6.45, 7) is 6.81. The van der Waals surface area contributed by atoms with Crippen LogP contribution in [0.1, 0.15) is 258 Å². The van der Waals surface area contributed by atoms with Gasteiger partial charge in [-0.15, -0.1) is 0 Å². The molecule has 0 heterocycles. The highest BCUT2D eigenvalue weighted by atomic mass is 31.2. The number of nitrogens with one attached hydrogen (secondary N) is 1. The van der Waals surface area contributed by atoms with Crippen molar-refractivity contribution in [3.05, 3.63) is 36.5 Å². The lowest BCUT2D eigenvalue weighted by atomic mass is 10.1. The maximum atomic E-state index is 13.4. The monoisotopic (exact) mass is 951 g/mol. The van der Waals surface area contributed by atoms with E-state index < -0.39 is 26.6 Å². The van der Waals surface area contributed by atoms with E-state index in [4.69, 9.17) is 13.8 Å². The first-order valence-corrected chi connectivity index (χ1v) is 29.3. The Kier molecular flexibility index (Phi) is 45.7. The third-order valence-corrected chi connectivity index (χ3v) is 13.3. The van der Waals surface area contributed by atoms with Gasteiger partial charge in [0.15, 0.2) is 0 Å². The fraction of sp³-hybridized carbons (Fsp3) is 0.857. The van der Waals surface area contributed by atoms with Crippen molar-refractivity contribution in [1.82, 2.24) is 5.32 Å². The fourth-order valence-electron chi connectivity index (χ4n) is 7.92. The van der Waals surface area contributed by atoms with Crippen molar-refractivity contribution in [2.45, 2.75) is 270 Å². The second kappa shape index (κ2) is 46.9. The molecule has 0 spiro atoms. The van der Waals surface area contributed by atoms with Crippen LogP contribution < -0.4 is 10.2 Å². The van der Waals surface area contributed by atoms with Crippen molar-refractivity contribution in [1.29, 1.82) is 0 Å². The van der Waals surface area contributed by atoms with Crippen LogP contribution in [0.25, 0.3) is 0 Å². The van der Waals surface area contributed by atoms with Crippen molar-refractivity contribution in [3.8, 4) is 0 Å². The standard InChI is InChI=1S/C56H107N2O7P/c1-7-10-13-16-19-22-25-27-29-31-34-37-40-43-46-49-56(60)65-54(47-44-41-38-35-32-24-21-18-15-12-9-3)53(52-64-66(61,62)63-51-50-58(4,5)6)57-55(59)48-45-42-39-36-33-30-28-26-23-20-17-14-11-8-2/h22,25,30,33,44,47,53-54H,7-21,23-24,26-29,31-32,34-43,45-46,48-52H2,1-6H3,(H-,57,59,61,62)/b25-22-,33-30-,47-44+. The summed E-state index contributed by atoms with van der Waals surface area (Å²) in [6.07, 6.45) is 53.9. The summed E-state index contributed by atoms with van der Waals surface area (Å²) in [5.41, 5.74) is 0. The van der Waals surface area contributed by atoms with Gasteiger partial charge >= 0.3 is 5.97 Å². The van der Waals surface area contributed by atoms with Crippen LogP contribution in [-0.2, 0) is 27.9 Å². The lowest BCUT2D eigenvalue weighted by molar-refractivity contribution is -0.870. The minimum Gasteiger partial charge on any atom is -0.756 e. The van der Waals surface area contributed by atoms with Gasteiger partial charge in [0, 0.05) is 12.8 Å². The molecule has 0 saturated heterocycles. The molecule has 1 N–H and O–H groups in total. The van der Waals surface area contributed by atoms with Crippen LogP contribution in [0.3, 0.4) is 0 Å². The van der Waals surface area contributed by atoms with Gasteiger partial charge in [0.05, 0.1) is 33.8 Å². The molecule has 388 valence electrons. The molecule has 0 aromatic rings. The Hall–Kier alpha value is -1.77. The molecule has 0 aromatic carbocycles. The summed E-state index contributed by atoms with van der Waals surface area (Å²) < 4.78 is 30.2. The number of rotatable bonds is 50. The van der Waals surface area contributed by atoms with E-state index in [9.17, 15) is 19.0 Å². The van der Waals surface area contributed by atoms with E-state index >= 15 is 0 Å². The average molecular weight is 951 g/mol. The Labute approximate surface area is 408 Å². The molecule has 0 aliphatic heterocycles. The highest BCUT2D eigenvalue weighted by molar-refractivity contribution is 7.45. The number of allylic oxidation sites excluding steroid dienone is 5. The van der Waals surface area contributed by atoms with Gasteiger partial charge in [-0.25, -0.2) is 0 Å². The van der Waals surface area contributed by atoms with Gasteiger partial charge < -0.3 is 28.5 Å². The van der Waals surface area contributed by atoms with Crippen LogP contribution in [0.2, 0.25) is 0 Å². The van der Waals surface area contributed by atoms with Gasteiger partial charge in [-0.05, 0) is 83.1 Å². The molecule has 0 rings (SSSR count). The predicted octanol–water partition coefficient (Wildman–Crippen LogP) is 15.8. The number of carbonyl (C=O) groups excluding carboxylic acids is 2. The van der Waals surface area contributed by atoms with Crippen molar-refractivity contribution in [2.24, 2.45) is 0 Å². The van der Waals surface area contributed by atoms with E-state index in [0.29, 0.717) is 23.9 Å². The molecule has 0 fully saturated rings. The van der Waals surface area contributed by atoms with Crippen LogP contribution in [0.5, 0.6) is 0 Å². The number of amides is 1. The van der Waals surface area contributed by atoms with E-state index in [-0.39, 0.29) is 24.9 Å². The van der Waals surface area contributed by atoms with Crippen molar-refractivity contribution < 1.29 is 37.3 Å². The molecule has 0 bridgehead atoms. The minimum atomic E-state index is -4.69. The number of quaternary nitrogens is 1. The lowest BCUT2D eigenvalue weighted by Gasteiger charge is -2.30. The normalized spacial score (nSPS) is 14.1. The van der Waals surface area contributed by atoms with Crippen LogP contribution in [0.15, 0.2) is 36.5 Å². The highest BCUT2D eigenvalue weighted by Crippen LogP contribution is 2.38. The zero-order valence-electron chi connectivity index (χ0n) is 44.2. The minimum absolute atomic E-state index is 0.0245. The summed E-state index contributed by atoms with van der Waals surface area (Å²) in [5.74, 6) is -0.561. The van der Waals surface area contributed by atoms with Crippen molar-refractivity contribution in [3.63, 3.8) is 0 Å². The van der Waals surface area contributed by atoms with Crippen molar-refractivity contribution >= 4 is 19.7 Å². The summed E-state index contributed by atoms with van der Waals surface area (Å²) in [5, 5.41) is 3.00. The molecule has 1 amide bonds. The molecule has 9 nitrogen and oxygen atoms in total. The number of phosphoric acid groups is 1. The van der Waals surface area contributed by atoms with Gasteiger partial charge in [0.1, 0.15) is 19.3 Å². The molecular formula is C56H107N2O7P. The number of likely N-dealkylation sites (N-methyl/N-ethyl adjacent to an activating group) is 1. The van der Waals surface area contributed by atoms with E-state index in [1.165, 1.54) is 141 Å². The first-order chi connectivity index (χ1) is 31.9. The lowest BCUT2D eigenvalue weighted by Crippen LogP contribution is -2.47. The third kappa shape index (κ3) is 47.3. The van der Waals surface area contributed by atoms with Gasteiger partial charge in [-0.2, -0.15) is 0 Å². The molecular weight excluding hydrogens is 844 g/mol. The first-order valence-electron chi connectivity index (χ1n) is 27.8. The molecule has 0 aliphatic rings. The average Bonchev–Trinajstić information content (AvgIpc) is 3.27. The van der Waals surface area contributed by atoms with E-state index in [0.717, 1.165) is 77.0 Å². The first kappa shape index (κ1) is 64.2. The van der Waals surface area contributed by atoms with Crippen LogP contribution in [-0.4, -0.2) is 69.4 Å². The van der Waals surface area contributed by atoms with E-state index in [1.807, 2.05) is 33.3 Å². The number of unbranched alkanes of at least 4 members (excludes halogenated alkanes) is 30. The third-order valence-electron chi connectivity index (χ3n) is 12.3. The molecule has 10 heteroatoms. The molecule has 0 aromatic heterocycles. The molecule has 3 atom stereocenters. The number of hydrogen-bond acceptors (Lipinski definition) is 7. The Morgan fingerprint density at radius 3 is 1.32 bits per heavy atom. The summed E-state index contributed by atoms with van der Waals surface area (Å²) in [7, 11) is 1.18. The zero-order chi connectivity index (χ0) is 48.7. The zero-order valence-corrected chi connectivity index (χ0v) is 45.0. The second-order valence-electron chi connectivity index (χ2n) is 20.1. The van der Waals surface area contributed by atoms with Crippen molar-refractivity contribution in [2.75, 3.05) is 40.9 Å². The summed E-state index contributed by atoms with van der Waals surface area (Å²) in [4.78, 5) is 39.7. The number of phosphoric ester groups is 1. The van der Waals surface area contributed by atoms with Crippen LogP contribution in [0.4, 0.5) is 0 Å². The maximum absolute atomic E-state index is 13.4. The number of nitrogens with zero attached hydrogens (tertiary/aromatic N) is 1. The Morgan fingerprint density at radius 1 is 0.515 bits per heavy atom. The van der Waals surface area contributed by atoms with Gasteiger partial charge in [0.2, 0.25) is 5.91 Å². The predicted molar refractivity (Wildman–Crippen MR) is 279 cm³/mol. The quantitative estimate of drug-likeness (QED) is 0.0212. The Morgan fingerprint density at radius 2 is 0.879 bits per heavy atom. The van der Waals surface area contributed by atoms with Gasteiger partial charge in [-0.3, -0.25) is 14.2 Å². The summed E-state index contributed by atoms with van der Waals surface area (Å²) in [6, 6.07) is -0.893. The van der Waals surface area contributed by atoms with Crippen LogP contribution in [0, 0.1) is 0 Å². The van der Waals surface area contributed by atoms with E-state index in [2.05, 4.69) is 50.4 Å². The topological polar surface area (TPSA) is 114 Å². The van der Waals surface area contributed by atoms with Gasteiger partial charge in [-0.1, -0.05) is 199 Å². The highest BCUT2D eigenvalue weighted by Gasteiger charge is 2.27. The Balaban J connectivity index is 5.38. The molecule has 0 aliphatic carbocycles. The largest absolute Gasteiger partial charge is 0.756 e. The second-order valence-corrected chi connectivity index (χ2v) is 21.5. The smallest absolute Gasteiger partial charge is 0.306 e. The number of carbonyl (C=O) groups is 2. The molecule has 66 heavy (non-hydrogen) atoms. The number of ether oxygens (including phenoxy) is 1. The summed E-state index contributed by atoms with van der Waals surface area (Å²) >= 11 is 0.